The van der Waals surface area contributed by atoms with Gasteiger partial charge in [0.2, 0.25) is 0 Å². The molecule has 86 valence electrons. The average Bonchev–Trinajstić information content (AvgIpc) is 2.01. The third kappa shape index (κ3) is 4.96. The molecule has 15 heavy (non-hydrogen) atoms. The second-order valence-electron chi connectivity index (χ2n) is 3.96. The topological polar surface area (TPSA) is 74.9 Å². The minimum atomic E-state index is -3.52. The van der Waals surface area contributed by atoms with Crippen LogP contribution in [0.3, 0.4) is 0 Å². The molecule has 0 spiro atoms. The number of benzene rings is 1. The third-order valence-corrected chi connectivity index (χ3v) is 9.12. The monoisotopic (exact) mass is 340 g/mol. The first-order valence-corrected chi connectivity index (χ1v) is 15.5. The Labute approximate surface area is 95.1 Å². The first-order chi connectivity index (χ1) is 6.31. The van der Waals surface area contributed by atoms with Crippen LogP contribution in [-0.2, 0) is 12.6 Å². The summed E-state index contributed by atoms with van der Waals surface area (Å²) < 4.78 is 28.5. The fraction of sp³-hybridized carbons (Fsp3) is 0.333. The van der Waals surface area contributed by atoms with Gasteiger partial charge in [-0.2, -0.15) is 0 Å². The summed E-state index contributed by atoms with van der Waals surface area (Å²) in [7, 11) is -3.52. The Balaban J connectivity index is 0.00000196. The Morgan fingerprint density at radius 3 is 1.93 bits per heavy atom. The SMILES string of the molecule is O.[CH3][Sn]([CH3])([CH3])[O]S(=O)(=O)c1ccccc1. The second kappa shape index (κ2) is 5.29. The normalized spacial score (nSPS) is 11.9. The Hall–Kier alpha value is -0.111. The summed E-state index contributed by atoms with van der Waals surface area (Å²) in [6.07, 6.45) is 0. The van der Waals surface area contributed by atoms with E-state index in [4.69, 9.17) is 2.52 Å². The number of hydrogen-bond acceptors (Lipinski definition) is 3. The van der Waals surface area contributed by atoms with Crippen LogP contribution in [-0.4, -0.2) is 32.7 Å². The van der Waals surface area contributed by atoms with Crippen molar-refractivity contribution in [3.63, 3.8) is 0 Å². The zero-order valence-corrected chi connectivity index (χ0v) is 12.7. The molecule has 0 heterocycles. The van der Waals surface area contributed by atoms with Gasteiger partial charge in [0.25, 0.3) is 0 Å². The zero-order valence-electron chi connectivity index (χ0n) is 9.02. The molecule has 6 heteroatoms. The molecule has 2 N–H and O–H groups in total. The first kappa shape index (κ1) is 14.9. The van der Waals surface area contributed by atoms with Gasteiger partial charge in [-0.15, -0.1) is 0 Å². The molecule has 0 unspecified atom stereocenters. The van der Waals surface area contributed by atoms with E-state index < -0.39 is 28.9 Å². The van der Waals surface area contributed by atoms with E-state index in [9.17, 15) is 8.42 Å². The van der Waals surface area contributed by atoms with Gasteiger partial charge in [0, 0.05) is 0 Å². The van der Waals surface area contributed by atoms with Gasteiger partial charge in [-0.25, -0.2) is 0 Å². The van der Waals surface area contributed by atoms with Gasteiger partial charge < -0.3 is 5.48 Å². The maximum absolute atomic E-state index is 11.7. The predicted octanol–water partition coefficient (Wildman–Crippen LogP) is 1.40. The molecule has 0 aromatic heterocycles. The van der Waals surface area contributed by atoms with Gasteiger partial charge >= 0.3 is 89.9 Å². The van der Waals surface area contributed by atoms with Crippen molar-refractivity contribution in [2.45, 2.75) is 19.7 Å². The molecule has 0 aliphatic heterocycles. The summed E-state index contributed by atoms with van der Waals surface area (Å²) >= 11 is -2.76. The Morgan fingerprint density at radius 1 is 1.07 bits per heavy atom. The van der Waals surface area contributed by atoms with Crippen LogP contribution in [0.2, 0.25) is 14.8 Å². The van der Waals surface area contributed by atoms with E-state index in [0.29, 0.717) is 0 Å². The summed E-state index contributed by atoms with van der Waals surface area (Å²) in [6.45, 7) is 0. The average molecular weight is 339 g/mol. The number of rotatable bonds is 3. The second-order valence-corrected chi connectivity index (χ2v) is 19.0. The van der Waals surface area contributed by atoms with E-state index in [1.54, 1.807) is 30.3 Å². The summed E-state index contributed by atoms with van der Waals surface area (Å²) in [5, 5.41) is 0. The van der Waals surface area contributed by atoms with Crippen molar-refractivity contribution < 1.29 is 16.4 Å². The van der Waals surface area contributed by atoms with Crippen LogP contribution in [0, 0.1) is 0 Å². The summed E-state index contributed by atoms with van der Waals surface area (Å²) in [4.78, 5) is 5.98. The molecule has 1 aromatic carbocycles. The van der Waals surface area contributed by atoms with E-state index in [2.05, 4.69) is 0 Å². The molecule has 0 aliphatic rings. The fourth-order valence-corrected chi connectivity index (χ4v) is 8.67. The molecule has 1 aromatic rings. The van der Waals surface area contributed by atoms with Crippen LogP contribution < -0.4 is 0 Å². The Kier molecular flexibility index (Phi) is 5.25. The van der Waals surface area contributed by atoms with Crippen LogP contribution in [0.1, 0.15) is 0 Å². The van der Waals surface area contributed by atoms with E-state index in [-0.39, 0.29) is 10.4 Å². The van der Waals surface area contributed by atoms with Crippen LogP contribution >= 0.6 is 0 Å². The summed E-state index contributed by atoms with van der Waals surface area (Å²) in [5.74, 6) is 0. The molecule has 0 fully saturated rings. The van der Waals surface area contributed by atoms with E-state index in [1.807, 2.05) is 14.8 Å². The predicted molar refractivity (Wildman–Crippen MR) is 61.7 cm³/mol. The van der Waals surface area contributed by atoms with Crippen molar-refractivity contribution >= 4 is 28.9 Å². The van der Waals surface area contributed by atoms with Crippen LogP contribution in [0.4, 0.5) is 0 Å². The van der Waals surface area contributed by atoms with Crippen molar-refractivity contribution in [1.82, 2.24) is 0 Å². The van der Waals surface area contributed by atoms with Crippen LogP contribution in [0.5, 0.6) is 0 Å². The van der Waals surface area contributed by atoms with E-state index in [0.717, 1.165) is 0 Å². The molecule has 0 saturated carbocycles. The third-order valence-electron chi connectivity index (χ3n) is 1.39. The van der Waals surface area contributed by atoms with Gasteiger partial charge in [-0.05, 0) is 0 Å². The zero-order chi connectivity index (χ0) is 10.8. The molecule has 0 amide bonds. The van der Waals surface area contributed by atoms with Gasteiger partial charge in [-0.3, -0.25) is 0 Å². The molecule has 1 rings (SSSR count). The Bertz CT molecular complexity index is 394. The van der Waals surface area contributed by atoms with Crippen LogP contribution in [0.15, 0.2) is 35.2 Å². The minimum absolute atomic E-state index is 0. The molecule has 4 nitrogen and oxygen atoms in total. The standard InChI is InChI=1S/C6H6O3S.3CH3.H2O.Sn/c7-10(8,9)6-4-2-1-3-5-6;;;;;/h1-5H,(H,7,8,9);3*1H3;1H2;/q;;;;;+1/p-1. The molecular weight excluding hydrogens is 323 g/mol. The fourth-order valence-electron chi connectivity index (χ4n) is 0.964. The first-order valence-electron chi connectivity index (χ1n) is 4.32. The van der Waals surface area contributed by atoms with E-state index >= 15 is 0 Å². The Morgan fingerprint density at radius 2 is 1.53 bits per heavy atom. The van der Waals surface area contributed by atoms with E-state index in [1.165, 1.54) is 0 Å². The number of hydrogen-bond donors (Lipinski definition) is 0. The van der Waals surface area contributed by atoms with Crippen molar-refractivity contribution in [2.75, 3.05) is 0 Å². The van der Waals surface area contributed by atoms with Gasteiger partial charge in [0.05, 0.1) is 0 Å². The van der Waals surface area contributed by atoms with Crippen LogP contribution in [0.25, 0.3) is 0 Å². The maximum atomic E-state index is 11.7. The van der Waals surface area contributed by atoms with Crippen molar-refractivity contribution in [3.05, 3.63) is 30.3 Å². The van der Waals surface area contributed by atoms with Gasteiger partial charge in [0.1, 0.15) is 0 Å². The molecule has 0 aliphatic carbocycles. The molecule has 0 atom stereocenters. The van der Waals surface area contributed by atoms with Crippen molar-refractivity contribution in [2.24, 2.45) is 0 Å². The summed E-state index contributed by atoms with van der Waals surface area (Å²) in [6, 6.07) is 8.25. The molecule has 0 bridgehead atoms. The molecular formula is C9H16O4SSn. The summed E-state index contributed by atoms with van der Waals surface area (Å²) in [5.41, 5.74) is 0. The van der Waals surface area contributed by atoms with Crippen molar-refractivity contribution in [3.8, 4) is 0 Å². The molecule has 0 saturated heterocycles. The van der Waals surface area contributed by atoms with Gasteiger partial charge in [0.15, 0.2) is 0 Å². The van der Waals surface area contributed by atoms with Crippen molar-refractivity contribution in [1.29, 1.82) is 0 Å². The molecule has 0 radical (unpaired) electrons. The quantitative estimate of drug-likeness (QED) is 0.782. The van der Waals surface area contributed by atoms with Gasteiger partial charge in [-0.1, -0.05) is 0 Å².